The summed E-state index contributed by atoms with van der Waals surface area (Å²) in [5.74, 6) is -0.928. The van der Waals surface area contributed by atoms with Crippen LogP contribution in [-0.4, -0.2) is 21.0 Å². The summed E-state index contributed by atoms with van der Waals surface area (Å²) in [5, 5.41) is 10.6. The molecule has 4 nitrogen and oxygen atoms in total. The molecule has 2 rings (SSSR count). The van der Waals surface area contributed by atoms with Crippen LogP contribution < -0.4 is 0 Å². The van der Waals surface area contributed by atoms with Crippen LogP contribution in [-0.2, 0) is 6.42 Å². The van der Waals surface area contributed by atoms with Crippen LogP contribution in [0.5, 0.6) is 0 Å². The lowest BCUT2D eigenvalue weighted by atomic mass is 10.2. The zero-order valence-corrected chi connectivity index (χ0v) is 11.4. The van der Waals surface area contributed by atoms with Crippen LogP contribution in [0.4, 0.5) is 0 Å². The minimum atomic E-state index is -0.928. The van der Waals surface area contributed by atoms with E-state index < -0.39 is 5.97 Å². The van der Waals surface area contributed by atoms with Gasteiger partial charge in [0.15, 0.2) is 0 Å². The Morgan fingerprint density at radius 2 is 2.16 bits per heavy atom. The van der Waals surface area contributed by atoms with Crippen molar-refractivity contribution in [1.82, 2.24) is 9.97 Å². The molecular formula is C14H14N2O2S. The first-order chi connectivity index (χ1) is 9.19. The topological polar surface area (TPSA) is 63.1 Å². The predicted molar refractivity (Wildman–Crippen MR) is 73.6 cm³/mol. The van der Waals surface area contributed by atoms with Crippen molar-refractivity contribution in [2.75, 3.05) is 0 Å². The summed E-state index contributed by atoms with van der Waals surface area (Å²) in [4.78, 5) is 19.8. The minimum absolute atomic E-state index is 0.275. The normalized spacial score (nSPS) is 10.4. The molecule has 0 bridgehead atoms. The lowest BCUT2D eigenvalue weighted by Gasteiger charge is -2.05. The quantitative estimate of drug-likeness (QED) is 0.906. The summed E-state index contributed by atoms with van der Waals surface area (Å²) in [5.41, 5.74) is 1.08. The molecule has 0 amide bonds. The molecule has 2 heterocycles. The van der Waals surface area contributed by atoms with Gasteiger partial charge >= 0.3 is 5.97 Å². The van der Waals surface area contributed by atoms with E-state index in [-0.39, 0.29) is 5.56 Å². The van der Waals surface area contributed by atoms with Crippen molar-refractivity contribution in [3.8, 4) is 0 Å². The zero-order chi connectivity index (χ0) is 13.7. The first kappa shape index (κ1) is 13.5. The fourth-order valence-corrected chi connectivity index (χ4v) is 2.46. The molecule has 0 atom stereocenters. The van der Waals surface area contributed by atoms with Crippen molar-refractivity contribution in [3.05, 3.63) is 47.8 Å². The molecule has 0 aliphatic carbocycles. The molecule has 0 spiro atoms. The number of hydrogen-bond donors (Lipinski definition) is 1. The van der Waals surface area contributed by atoms with Gasteiger partial charge < -0.3 is 5.11 Å². The van der Waals surface area contributed by atoms with Gasteiger partial charge in [0.1, 0.15) is 10.1 Å². The molecular weight excluding hydrogens is 260 g/mol. The third-order valence-corrected chi connectivity index (χ3v) is 3.32. The van der Waals surface area contributed by atoms with Crippen LogP contribution in [0.2, 0.25) is 0 Å². The molecule has 0 aromatic carbocycles. The monoisotopic (exact) mass is 274 g/mol. The Balaban J connectivity index is 2.31. The van der Waals surface area contributed by atoms with Gasteiger partial charge in [-0.05, 0) is 30.7 Å². The first-order valence-corrected chi connectivity index (χ1v) is 6.84. The van der Waals surface area contributed by atoms with Crippen LogP contribution in [0.3, 0.4) is 0 Å². The van der Waals surface area contributed by atoms with Gasteiger partial charge in [-0.15, -0.1) is 0 Å². The lowest BCUT2D eigenvalue weighted by Crippen LogP contribution is -2.01. The maximum atomic E-state index is 11.1. The van der Waals surface area contributed by atoms with Gasteiger partial charge in [-0.1, -0.05) is 31.2 Å². The molecule has 0 unspecified atom stereocenters. The predicted octanol–water partition coefficient (Wildman–Crippen LogP) is 3.28. The number of carboxylic acids is 1. The number of carboxylic acid groups (broad SMARTS) is 1. The van der Waals surface area contributed by atoms with Gasteiger partial charge in [0.05, 0.1) is 5.56 Å². The van der Waals surface area contributed by atoms with Crippen LogP contribution in [0.15, 0.2) is 46.6 Å². The SMILES string of the molecule is CCCc1cc(C(=O)O)cc(Sc2ccccn2)n1. The second kappa shape index (κ2) is 6.33. The highest BCUT2D eigenvalue weighted by atomic mass is 32.2. The minimum Gasteiger partial charge on any atom is -0.478 e. The molecule has 2 aromatic heterocycles. The Morgan fingerprint density at radius 3 is 2.79 bits per heavy atom. The van der Waals surface area contributed by atoms with E-state index in [1.807, 2.05) is 25.1 Å². The molecule has 0 aliphatic heterocycles. The van der Waals surface area contributed by atoms with E-state index in [9.17, 15) is 4.79 Å². The molecule has 5 heteroatoms. The summed E-state index contributed by atoms with van der Waals surface area (Å²) in [7, 11) is 0. The maximum absolute atomic E-state index is 11.1. The molecule has 0 saturated heterocycles. The van der Waals surface area contributed by atoms with Crippen molar-refractivity contribution in [2.24, 2.45) is 0 Å². The smallest absolute Gasteiger partial charge is 0.335 e. The molecule has 0 fully saturated rings. The van der Waals surface area contributed by atoms with E-state index in [1.165, 1.54) is 11.8 Å². The highest BCUT2D eigenvalue weighted by Crippen LogP contribution is 2.25. The summed E-state index contributed by atoms with van der Waals surface area (Å²) in [6.07, 6.45) is 3.41. The fraction of sp³-hybridized carbons (Fsp3) is 0.214. The van der Waals surface area contributed by atoms with E-state index in [1.54, 1.807) is 18.3 Å². The van der Waals surface area contributed by atoms with Crippen LogP contribution >= 0.6 is 11.8 Å². The second-order valence-electron chi connectivity index (χ2n) is 4.01. The summed E-state index contributed by atoms with van der Waals surface area (Å²) >= 11 is 1.37. The van der Waals surface area contributed by atoms with Crippen LogP contribution in [0.1, 0.15) is 29.4 Å². The summed E-state index contributed by atoms with van der Waals surface area (Å²) in [6, 6.07) is 8.82. The molecule has 0 saturated carbocycles. The summed E-state index contributed by atoms with van der Waals surface area (Å²) < 4.78 is 0. The van der Waals surface area contributed by atoms with E-state index in [4.69, 9.17) is 5.11 Å². The lowest BCUT2D eigenvalue weighted by molar-refractivity contribution is 0.0696. The number of aromatic carboxylic acids is 1. The molecule has 0 radical (unpaired) electrons. The van der Waals surface area contributed by atoms with Crippen LogP contribution in [0.25, 0.3) is 0 Å². The third kappa shape index (κ3) is 3.79. The average Bonchev–Trinajstić information content (AvgIpc) is 2.40. The number of rotatable bonds is 5. The second-order valence-corrected chi connectivity index (χ2v) is 5.05. The number of aromatic nitrogens is 2. The maximum Gasteiger partial charge on any atom is 0.335 e. The van der Waals surface area contributed by atoms with Crippen molar-refractivity contribution in [1.29, 1.82) is 0 Å². The Kier molecular flexibility index (Phi) is 4.52. The highest BCUT2D eigenvalue weighted by Gasteiger charge is 2.09. The highest BCUT2D eigenvalue weighted by molar-refractivity contribution is 7.99. The first-order valence-electron chi connectivity index (χ1n) is 6.02. The van der Waals surface area contributed by atoms with Crippen molar-refractivity contribution >= 4 is 17.7 Å². The Morgan fingerprint density at radius 1 is 1.32 bits per heavy atom. The van der Waals surface area contributed by atoms with E-state index in [2.05, 4.69) is 9.97 Å². The van der Waals surface area contributed by atoms with Gasteiger partial charge in [-0.2, -0.15) is 0 Å². The molecule has 0 aliphatic rings. The van der Waals surface area contributed by atoms with E-state index in [0.717, 1.165) is 23.6 Å². The van der Waals surface area contributed by atoms with Gasteiger partial charge in [-0.3, -0.25) is 0 Å². The largest absolute Gasteiger partial charge is 0.478 e. The van der Waals surface area contributed by atoms with Crippen molar-refractivity contribution in [2.45, 2.75) is 29.8 Å². The average molecular weight is 274 g/mol. The Bertz CT molecular complexity index is 573. The van der Waals surface area contributed by atoms with Gasteiger partial charge in [0.2, 0.25) is 0 Å². The van der Waals surface area contributed by atoms with Gasteiger partial charge in [0.25, 0.3) is 0 Å². The zero-order valence-electron chi connectivity index (χ0n) is 10.5. The standard InChI is InChI=1S/C14H14N2O2S/c1-2-5-11-8-10(14(17)18)9-13(16-11)19-12-6-3-4-7-15-12/h3-4,6-9H,2,5H2,1H3,(H,17,18). The Hall–Kier alpha value is -1.88. The number of aryl methyl sites for hydroxylation is 1. The third-order valence-electron chi connectivity index (χ3n) is 2.45. The number of hydrogen-bond acceptors (Lipinski definition) is 4. The van der Waals surface area contributed by atoms with Gasteiger partial charge in [-0.25, -0.2) is 14.8 Å². The summed E-state index contributed by atoms with van der Waals surface area (Å²) in [6.45, 7) is 2.04. The Labute approximate surface area is 115 Å². The van der Waals surface area contributed by atoms with Crippen molar-refractivity contribution in [3.63, 3.8) is 0 Å². The molecule has 1 N–H and O–H groups in total. The number of nitrogens with zero attached hydrogens (tertiary/aromatic N) is 2. The van der Waals surface area contributed by atoms with Gasteiger partial charge in [0, 0.05) is 11.9 Å². The van der Waals surface area contributed by atoms with Crippen molar-refractivity contribution < 1.29 is 9.90 Å². The van der Waals surface area contributed by atoms with E-state index >= 15 is 0 Å². The number of pyridine rings is 2. The number of carbonyl (C=O) groups is 1. The van der Waals surface area contributed by atoms with Crippen LogP contribution in [0, 0.1) is 0 Å². The van der Waals surface area contributed by atoms with E-state index in [0.29, 0.717) is 5.03 Å². The fourth-order valence-electron chi connectivity index (χ4n) is 1.63. The molecule has 2 aromatic rings. The molecule has 98 valence electrons. The molecule has 19 heavy (non-hydrogen) atoms.